The third-order valence-electron chi connectivity index (χ3n) is 5.03. The van der Waals surface area contributed by atoms with Crippen LogP contribution in [0, 0.1) is 0 Å². The Hall–Kier alpha value is -2.89. The number of rotatable bonds is 7. The summed E-state index contributed by atoms with van der Waals surface area (Å²) in [5.74, 6) is -1.72. The van der Waals surface area contributed by atoms with Crippen molar-refractivity contribution in [3.05, 3.63) is 47.5 Å². The summed E-state index contributed by atoms with van der Waals surface area (Å²) in [6.45, 7) is -0.643. The van der Waals surface area contributed by atoms with Gasteiger partial charge in [0, 0.05) is 18.6 Å². The van der Waals surface area contributed by atoms with Crippen molar-refractivity contribution in [2.24, 2.45) is 0 Å². The Balaban J connectivity index is 1.71. The number of ether oxygens (including phenoxy) is 2. The summed E-state index contributed by atoms with van der Waals surface area (Å²) in [5, 5.41) is 68.6. The molecule has 1 fully saturated rings. The number of hydrogen-bond donors (Lipinski definition) is 7. The minimum atomic E-state index is -1.67. The predicted molar refractivity (Wildman–Crippen MR) is 105 cm³/mol. The number of aliphatic hydroxyl groups is 4. The highest BCUT2D eigenvalue weighted by molar-refractivity contribution is 6.01. The number of aromatic hydroxyl groups is 3. The minimum absolute atomic E-state index is 0.0151. The van der Waals surface area contributed by atoms with Gasteiger partial charge in [0.2, 0.25) is 6.29 Å². The van der Waals surface area contributed by atoms with E-state index in [0.717, 1.165) is 17.7 Å². The highest BCUT2D eigenvalue weighted by atomic mass is 16.7. The van der Waals surface area contributed by atoms with Crippen LogP contribution < -0.4 is 4.74 Å². The van der Waals surface area contributed by atoms with Crippen LogP contribution in [0.4, 0.5) is 0 Å². The van der Waals surface area contributed by atoms with Gasteiger partial charge in [-0.05, 0) is 24.1 Å². The Kier molecular flexibility index (Phi) is 6.98. The molecule has 10 heteroatoms. The number of aryl methyl sites for hydroxylation is 1. The molecule has 0 saturated carbocycles. The molecule has 0 aliphatic carbocycles. The van der Waals surface area contributed by atoms with Gasteiger partial charge >= 0.3 is 0 Å². The van der Waals surface area contributed by atoms with E-state index in [0.29, 0.717) is 6.42 Å². The van der Waals surface area contributed by atoms with Crippen molar-refractivity contribution in [2.45, 2.75) is 43.5 Å². The topological polar surface area (TPSA) is 177 Å². The van der Waals surface area contributed by atoms with Gasteiger partial charge in [0.15, 0.2) is 5.78 Å². The number of carbonyl (C=O) groups is 1. The van der Waals surface area contributed by atoms with E-state index < -0.39 is 54.6 Å². The van der Waals surface area contributed by atoms with Gasteiger partial charge in [-0.15, -0.1) is 0 Å². The van der Waals surface area contributed by atoms with Crippen molar-refractivity contribution in [3.63, 3.8) is 0 Å². The van der Waals surface area contributed by atoms with Crippen molar-refractivity contribution < 1.29 is 50.0 Å². The van der Waals surface area contributed by atoms with Crippen LogP contribution in [-0.4, -0.2) is 78.8 Å². The van der Waals surface area contributed by atoms with Crippen molar-refractivity contribution in [3.8, 4) is 23.0 Å². The molecule has 3 rings (SSSR count). The van der Waals surface area contributed by atoms with Gasteiger partial charge in [-0.25, -0.2) is 0 Å². The maximum atomic E-state index is 12.5. The summed E-state index contributed by atoms with van der Waals surface area (Å²) < 4.78 is 10.6. The second kappa shape index (κ2) is 9.50. The quantitative estimate of drug-likeness (QED) is 0.288. The SMILES string of the molecule is O=C(CCc1ccc(O)cc1)c1c(O)cc(O[C@H]2O[C@@H](CO)[C@H](O)[C@@H](O)[C@@H]2O)cc1O. The van der Waals surface area contributed by atoms with Crippen molar-refractivity contribution >= 4 is 5.78 Å². The standard InChI is InChI=1S/C21H24O10/c22-9-16-18(27)19(28)20(29)21(31-16)30-12-7-14(25)17(15(26)8-12)13(24)6-3-10-1-4-11(23)5-2-10/h1-2,4-5,7-8,16,18-23,25-29H,3,6,9H2/t16-,18-,19+,20-,21-/m0/s1. The average Bonchev–Trinajstić information content (AvgIpc) is 2.73. The molecule has 1 aliphatic rings. The van der Waals surface area contributed by atoms with Crippen LogP contribution in [-0.2, 0) is 11.2 Å². The number of benzene rings is 2. The van der Waals surface area contributed by atoms with E-state index in [2.05, 4.69) is 0 Å². The Morgan fingerprint density at radius 1 is 0.935 bits per heavy atom. The molecule has 2 aromatic rings. The highest BCUT2D eigenvalue weighted by Crippen LogP contribution is 2.35. The van der Waals surface area contributed by atoms with Crippen LogP contribution in [0.5, 0.6) is 23.0 Å². The molecule has 7 N–H and O–H groups in total. The van der Waals surface area contributed by atoms with E-state index in [1.54, 1.807) is 12.1 Å². The molecule has 0 radical (unpaired) electrons. The fourth-order valence-electron chi connectivity index (χ4n) is 3.28. The first-order valence-electron chi connectivity index (χ1n) is 9.55. The summed E-state index contributed by atoms with van der Waals surface area (Å²) in [6, 6.07) is 8.35. The number of hydrogen-bond acceptors (Lipinski definition) is 10. The first kappa shape index (κ1) is 22.8. The Morgan fingerprint density at radius 2 is 1.55 bits per heavy atom. The number of phenols is 3. The van der Waals surface area contributed by atoms with Crippen LogP contribution in [0.25, 0.3) is 0 Å². The second-order valence-electron chi connectivity index (χ2n) is 7.24. The van der Waals surface area contributed by atoms with Gasteiger partial charge in [-0.3, -0.25) is 4.79 Å². The smallest absolute Gasteiger partial charge is 0.229 e. The third kappa shape index (κ3) is 5.06. The average molecular weight is 436 g/mol. The number of carbonyl (C=O) groups excluding carboxylic acids is 1. The van der Waals surface area contributed by atoms with Crippen molar-refractivity contribution in [1.82, 2.24) is 0 Å². The molecule has 0 spiro atoms. The van der Waals surface area contributed by atoms with Crippen LogP contribution in [0.2, 0.25) is 0 Å². The fraction of sp³-hybridized carbons (Fsp3) is 0.381. The van der Waals surface area contributed by atoms with Crippen LogP contribution in [0.1, 0.15) is 22.3 Å². The molecule has 1 heterocycles. The summed E-state index contributed by atoms with van der Waals surface area (Å²) in [4.78, 5) is 12.5. The Bertz CT molecular complexity index is 888. The molecule has 0 amide bonds. The molecule has 1 aliphatic heterocycles. The molecule has 0 bridgehead atoms. The van der Waals surface area contributed by atoms with E-state index in [9.17, 15) is 40.5 Å². The van der Waals surface area contributed by atoms with Crippen LogP contribution in [0.15, 0.2) is 36.4 Å². The molecule has 1 saturated heterocycles. The molecule has 0 unspecified atom stereocenters. The number of Topliss-reactive ketones (excluding diaryl/α,β-unsaturated/α-hetero) is 1. The van der Waals surface area contributed by atoms with Crippen LogP contribution >= 0.6 is 0 Å². The molecule has 31 heavy (non-hydrogen) atoms. The summed E-state index contributed by atoms with van der Waals surface area (Å²) in [6.07, 6.45) is -7.28. The lowest BCUT2D eigenvalue weighted by Crippen LogP contribution is -2.60. The highest BCUT2D eigenvalue weighted by Gasteiger charge is 2.44. The maximum absolute atomic E-state index is 12.5. The summed E-state index contributed by atoms with van der Waals surface area (Å²) in [5.41, 5.74) is 0.479. The zero-order valence-electron chi connectivity index (χ0n) is 16.3. The van der Waals surface area contributed by atoms with Gasteiger partial charge in [0.1, 0.15) is 53.0 Å². The lowest BCUT2D eigenvalue weighted by molar-refractivity contribution is -0.277. The first-order valence-corrected chi connectivity index (χ1v) is 9.55. The van der Waals surface area contributed by atoms with Crippen molar-refractivity contribution in [1.29, 1.82) is 0 Å². The van der Waals surface area contributed by atoms with E-state index in [4.69, 9.17) is 9.47 Å². The molecule has 0 aromatic heterocycles. The normalized spacial score (nSPS) is 25.9. The largest absolute Gasteiger partial charge is 0.508 e. The zero-order chi connectivity index (χ0) is 22.7. The molecular weight excluding hydrogens is 412 g/mol. The van der Waals surface area contributed by atoms with Gasteiger partial charge < -0.3 is 45.2 Å². The predicted octanol–water partition coefficient (Wildman–Crippen LogP) is -0.202. The number of ketones is 1. The van der Waals surface area contributed by atoms with E-state index >= 15 is 0 Å². The van der Waals surface area contributed by atoms with E-state index in [-0.39, 0.29) is 23.5 Å². The number of phenolic OH excluding ortho intramolecular Hbond substituents is 3. The Morgan fingerprint density at radius 3 is 2.13 bits per heavy atom. The lowest BCUT2D eigenvalue weighted by Gasteiger charge is -2.39. The summed E-state index contributed by atoms with van der Waals surface area (Å²) in [7, 11) is 0. The van der Waals surface area contributed by atoms with Gasteiger partial charge in [0.05, 0.1) is 6.61 Å². The van der Waals surface area contributed by atoms with Crippen LogP contribution in [0.3, 0.4) is 0 Å². The van der Waals surface area contributed by atoms with E-state index in [1.165, 1.54) is 12.1 Å². The Labute approximate surface area is 177 Å². The second-order valence-corrected chi connectivity index (χ2v) is 7.24. The van der Waals surface area contributed by atoms with Gasteiger partial charge in [-0.2, -0.15) is 0 Å². The third-order valence-corrected chi connectivity index (χ3v) is 5.03. The number of aliphatic hydroxyl groups excluding tert-OH is 4. The molecule has 2 aromatic carbocycles. The van der Waals surface area contributed by atoms with E-state index in [1.807, 2.05) is 0 Å². The molecule has 10 nitrogen and oxygen atoms in total. The monoisotopic (exact) mass is 436 g/mol. The molecule has 168 valence electrons. The summed E-state index contributed by atoms with van der Waals surface area (Å²) >= 11 is 0. The molecular formula is C21H24O10. The minimum Gasteiger partial charge on any atom is -0.508 e. The fourth-order valence-corrected chi connectivity index (χ4v) is 3.28. The lowest BCUT2D eigenvalue weighted by atomic mass is 9.99. The van der Waals surface area contributed by atoms with Gasteiger partial charge in [0.25, 0.3) is 0 Å². The zero-order valence-corrected chi connectivity index (χ0v) is 16.3. The molecule has 5 atom stereocenters. The van der Waals surface area contributed by atoms with Gasteiger partial charge in [-0.1, -0.05) is 12.1 Å². The first-order chi connectivity index (χ1) is 14.7. The maximum Gasteiger partial charge on any atom is 0.229 e. The van der Waals surface area contributed by atoms with Crippen molar-refractivity contribution in [2.75, 3.05) is 6.61 Å².